The molecule has 1 amide bonds. The molecule has 19 heavy (non-hydrogen) atoms. The second-order valence-electron chi connectivity index (χ2n) is 6.32. The van der Waals surface area contributed by atoms with Crippen molar-refractivity contribution in [3.05, 3.63) is 0 Å². The fraction of sp³-hybridized carbons (Fsp3) is 0.786. The minimum absolute atomic E-state index is 0.0513. The van der Waals surface area contributed by atoms with Crippen molar-refractivity contribution in [3.63, 3.8) is 0 Å². The fourth-order valence-electron chi connectivity index (χ4n) is 2.25. The van der Waals surface area contributed by atoms with Crippen LogP contribution in [-0.4, -0.2) is 28.7 Å². The minimum atomic E-state index is -0.382. The van der Waals surface area contributed by atoms with Crippen LogP contribution in [0, 0.1) is 11.3 Å². The molecule has 0 aliphatic heterocycles. The maximum Gasteiger partial charge on any atom is 0.225 e. The van der Waals surface area contributed by atoms with Crippen molar-refractivity contribution in [2.24, 2.45) is 16.5 Å². The third-order valence-electron chi connectivity index (χ3n) is 3.62. The van der Waals surface area contributed by atoms with E-state index >= 15 is 0 Å². The van der Waals surface area contributed by atoms with Crippen LogP contribution in [-0.2, 0) is 9.59 Å². The van der Waals surface area contributed by atoms with E-state index in [1.54, 1.807) is 0 Å². The third-order valence-corrected chi connectivity index (χ3v) is 3.62. The molecule has 1 aliphatic rings. The Labute approximate surface area is 114 Å². The van der Waals surface area contributed by atoms with Crippen molar-refractivity contribution in [2.45, 2.75) is 59.4 Å². The zero-order valence-electron chi connectivity index (χ0n) is 12.2. The average molecular weight is 268 g/mol. The van der Waals surface area contributed by atoms with Gasteiger partial charge in [-0.25, -0.2) is 0 Å². The van der Waals surface area contributed by atoms with E-state index in [4.69, 9.17) is 5.21 Å². The van der Waals surface area contributed by atoms with E-state index in [1.807, 2.05) is 20.8 Å². The van der Waals surface area contributed by atoms with Crippen molar-refractivity contribution in [1.29, 1.82) is 0 Å². The molecule has 108 valence electrons. The molecule has 1 fully saturated rings. The van der Waals surface area contributed by atoms with E-state index in [0.717, 1.165) is 25.7 Å². The number of nitrogens with zero attached hydrogens (tertiary/aromatic N) is 1. The molecule has 0 saturated heterocycles. The molecule has 0 heterocycles. The molecule has 5 nitrogen and oxygen atoms in total. The average Bonchev–Trinajstić information content (AvgIpc) is 2.36. The number of Topliss-reactive ketones (excluding diaryl/α,β-unsaturated/α-hetero) is 1. The summed E-state index contributed by atoms with van der Waals surface area (Å²) in [6.07, 6.45) is 3.08. The van der Waals surface area contributed by atoms with Crippen LogP contribution in [0.15, 0.2) is 5.16 Å². The van der Waals surface area contributed by atoms with Gasteiger partial charge in [0.15, 0.2) is 5.78 Å². The minimum Gasteiger partial charge on any atom is -0.411 e. The summed E-state index contributed by atoms with van der Waals surface area (Å²) in [6, 6.07) is 0.155. The lowest BCUT2D eigenvalue weighted by molar-refractivity contribution is -0.129. The van der Waals surface area contributed by atoms with Crippen LogP contribution in [0.1, 0.15) is 53.4 Å². The Balaban J connectivity index is 2.46. The van der Waals surface area contributed by atoms with Gasteiger partial charge >= 0.3 is 0 Å². The van der Waals surface area contributed by atoms with Crippen molar-refractivity contribution in [2.75, 3.05) is 0 Å². The first kappa shape index (κ1) is 15.7. The molecular formula is C14H24N2O3. The number of ketones is 1. The molecule has 1 aliphatic carbocycles. The number of carbonyl (C=O) groups excluding carboxylic acids is 2. The maximum absolute atomic E-state index is 11.9. The summed E-state index contributed by atoms with van der Waals surface area (Å²) in [7, 11) is 0. The zero-order chi connectivity index (χ0) is 14.6. The number of hydrogen-bond acceptors (Lipinski definition) is 4. The van der Waals surface area contributed by atoms with Gasteiger partial charge in [0.25, 0.3) is 0 Å². The first-order valence-corrected chi connectivity index (χ1v) is 6.79. The van der Waals surface area contributed by atoms with E-state index in [9.17, 15) is 9.59 Å². The highest BCUT2D eigenvalue weighted by Crippen LogP contribution is 2.26. The fourth-order valence-corrected chi connectivity index (χ4v) is 2.25. The summed E-state index contributed by atoms with van der Waals surface area (Å²) in [6.45, 7) is 7.19. The molecule has 0 aromatic carbocycles. The largest absolute Gasteiger partial charge is 0.411 e. The number of nitrogens with one attached hydrogen (secondary N) is 1. The molecule has 0 atom stereocenters. The van der Waals surface area contributed by atoms with Crippen LogP contribution in [0.4, 0.5) is 0 Å². The molecule has 0 radical (unpaired) electrons. The van der Waals surface area contributed by atoms with Crippen LogP contribution in [0.25, 0.3) is 0 Å². The van der Waals surface area contributed by atoms with Crippen molar-refractivity contribution < 1.29 is 14.8 Å². The normalized spacial score (nSPS) is 24.9. The molecule has 5 heteroatoms. The monoisotopic (exact) mass is 268 g/mol. The first-order chi connectivity index (χ1) is 8.75. The van der Waals surface area contributed by atoms with E-state index in [2.05, 4.69) is 10.5 Å². The van der Waals surface area contributed by atoms with E-state index < -0.39 is 0 Å². The molecule has 0 aromatic rings. The number of hydrogen-bond donors (Lipinski definition) is 2. The SMILES string of the molecule is C/C(=N\O)C(=O)C1CCC(NC(=O)C(C)(C)C)CC1. The summed E-state index contributed by atoms with van der Waals surface area (Å²) in [5.41, 5.74) is -0.213. The molecular weight excluding hydrogens is 244 g/mol. The summed E-state index contributed by atoms with van der Waals surface area (Å²) in [4.78, 5) is 23.7. The predicted octanol–water partition coefficient (Wildman–Crippen LogP) is 2.13. The van der Waals surface area contributed by atoms with Gasteiger partial charge in [0, 0.05) is 17.4 Å². The van der Waals surface area contributed by atoms with Gasteiger partial charge in [-0.3, -0.25) is 9.59 Å². The number of amides is 1. The van der Waals surface area contributed by atoms with Crippen LogP contribution in [0.3, 0.4) is 0 Å². The van der Waals surface area contributed by atoms with Crippen molar-refractivity contribution in [3.8, 4) is 0 Å². The lowest BCUT2D eigenvalue weighted by Gasteiger charge is -2.30. The third kappa shape index (κ3) is 4.33. The Bertz CT molecular complexity index is 375. The van der Waals surface area contributed by atoms with Gasteiger partial charge in [0.2, 0.25) is 5.91 Å². The molecule has 1 saturated carbocycles. The van der Waals surface area contributed by atoms with Gasteiger partial charge in [-0.15, -0.1) is 0 Å². The van der Waals surface area contributed by atoms with Crippen LogP contribution in [0.2, 0.25) is 0 Å². The molecule has 0 unspecified atom stereocenters. The Kier molecular flexibility index (Phi) is 5.09. The predicted molar refractivity (Wildman–Crippen MR) is 73.2 cm³/mol. The molecule has 1 rings (SSSR count). The number of oxime groups is 1. The Morgan fingerprint density at radius 1 is 1.16 bits per heavy atom. The molecule has 0 bridgehead atoms. The van der Waals surface area contributed by atoms with Gasteiger partial charge in [-0.1, -0.05) is 25.9 Å². The Morgan fingerprint density at radius 3 is 2.11 bits per heavy atom. The van der Waals surface area contributed by atoms with Crippen LogP contribution >= 0.6 is 0 Å². The second kappa shape index (κ2) is 6.17. The number of rotatable bonds is 3. The zero-order valence-corrected chi connectivity index (χ0v) is 12.2. The van der Waals surface area contributed by atoms with E-state index in [1.165, 1.54) is 6.92 Å². The molecule has 2 N–H and O–H groups in total. The summed E-state index contributed by atoms with van der Waals surface area (Å²) < 4.78 is 0. The maximum atomic E-state index is 11.9. The van der Waals surface area contributed by atoms with Crippen molar-refractivity contribution >= 4 is 17.4 Å². The highest BCUT2D eigenvalue weighted by molar-refractivity contribution is 6.39. The lowest BCUT2D eigenvalue weighted by Crippen LogP contribution is -2.44. The Morgan fingerprint density at radius 2 is 1.68 bits per heavy atom. The highest BCUT2D eigenvalue weighted by atomic mass is 16.4. The van der Waals surface area contributed by atoms with Gasteiger partial charge in [0.1, 0.15) is 5.71 Å². The van der Waals surface area contributed by atoms with Gasteiger partial charge < -0.3 is 10.5 Å². The highest BCUT2D eigenvalue weighted by Gasteiger charge is 2.30. The summed E-state index contributed by atoms with van der Waals surface area (Å²) in [5.74, 6) is -0.0998. The summed E-state index contributed by atoms with van der Waals surface area (Å²) in [5, 5.41) is 14.6. The first-order valence-electron chi connectivity index (χ1n) is 6.79. The van der Waals surface area contributed by atoms with E-state index in [-0.39, 0.29) is 34.8 Å². The Hall–Kier alpha value is -1.39. The molecule has 0 aromatic heterocycles. The van der Waals surface area contributed by atoms with Crippen molar-refractivity contribution in [1.82, 2.24) is 5.32 Å². The van der Waals surface area contributed by atoms with Crippen LogP contribution < -0.4 is 5.32 Å². The van der Waals surface area contributed by atoms with Gasteiger partial charge in [-0.05, 0) is 32.6 Å². The van der Waals surface area contributed by atoms with Gasteiger partial charge in [0.05, 0.1) is 0 Å². The smallest absolute Gasteiger partial charge is 0.225 e. The molecule has 0 spiro atoms. The quantitative estimate of drug-likeness (QED) is 0.467. The number of carbonyl (C=O) groups is 2. The topological polar surface area (TPSA) is 78.8 Å². The van der Waals surface area contributed by atoms with E-state index in [0.29, 0.717) is 0 Å². The van der Waals surface area contributed by atoms with Crippen LogP contribution in [0.5, 0.6) is 0 Å². The second-order valence-corrected chi connectivity index (χ2v) is 6.32. The standard InChI is InChI=1S/C14H24N2O3/c1-9(16-19)12(17)10-5-7-11(8-6-10)15-13(18)14(2,3)4/h10-11,19H,5-8H2,1-4H3,(H,15,18)/b16-9+. The summed E-state index contributed by atoms with van der Waals surface area (Å²) >= 11 is 0. The van der Waals surface area contributed by atoms with Gasteiger partial charge in [-0.2, -0.15) is 0 Å². The lowest BCUT2D eigenvalue weighted by atomic mass is 9.82.